The van der Waals surface area contributed by atoms with Gasteiger partial charge in [0.25, 0.3) is 5.56 Å². The van der Waals surface area contributed by atoms with Crippen LogP contribution in [0.2, 0.25) is 0 Å². The Morgan fingerprint density at radius 2 is 1.79 bits per heavy atom. The lowest BCUT2D eigenvalue weighted by Crippen LogP contribution is -2.45. The van der Waals surface area contributed by atoms with Crippen LogP contribution in [0, 0.1) is 0 Å². The van der Waals surface area contributed by atoms with Crippen molar-refractivity contribution in [1.29, 1.82) is 0 Å². The van der Waals surface area contributed by atoms with Crippen molar-refractivity contribution >= 4 is 21.9 Å². The van der Waals surface area contributed by atoms with Crippen molar-refractivity contribution < 1.29 is 72.8 Å². The number of aldehydes is 1. The van der Waals surface area contributed by atoms with Gasteiger partial charge in [0.15, 0.2) is 6.23 Å². The Hall–Kier alpha value is -2.36. The number of rotatable bonds is 12. The number of aliphatic hydroxyl groups is 6. The topological polar surface area (TPSA) is 365 Å². The monoisotopic (exact) mass is 609 g/mol. The Bertz CT molecular complexity index is 1210. The number of phosphoric acid groups is 2. The van der Waals surface area contributed by atoms with Crippen LogP contribution in [-0.4, -0.2) is 117 Å². The first-order valence-electron chi connectivity index (χ1n) is 10.2. The Balaban J connectivity index is 0.000000464. The predicted molar refractivity (Wildman–Crippen MR) is 120 cm³/mol. The molecule has 0 radical (unpaired) electrons. The summed E-state index contributed by atoms with van der Waals surface area (Å²) in [4.78, 5) is 63.2. The zero-order valence-electron chi connectivity index (χ0n) is 19.2. The zero-order valence-corrected chi connectivity index (χ0v) is 21.0. The molecule has 9 atom stereocenters. The number of phosphoric ester groups is 1. The third-order valence-electron chi connectivity index (χ3n) is 4.68. The normalized spacial score (nSPS) is 25.7. The van der Waals surface area contributed by atoms with Crippen LogP contribution in [0.5, 0.6) is 0 Å². The number of ether oxygens (including phenoxy) is 1. The van der Waals surface area contributed by atoms with Crippen molar-refractivity contribution in [2.75, 3.05) is 13.2 Å². The highest BCUT2D eigenvalue weighted by Crippen LogP contribution is 2.57. The largest absolute Gasteiger partial charge is 0.481 e. The quantitative estimate of drug-likeness (QED) is 0.0350. The van der Waals surface area contributed by atoms with Crippen LogP contribution in [0.4, 0.5) is 0 Å². The summed E-state index contributed by atoms with van der Waals surface area (Å²) < 4.78 is 35.6. The van der Waals surface area contributed by atoms with Gasteiger partial charge >= 0.3 is 21.3 Å². The molecule has 0 aliphatic carbocycles. The minimum absolute atomic E-state index is 0.137. The second kappa shape index (κ2) is 14.9. The third-order valence-corrected chi connectivity index (χ3v) is 6.83. The van der Waals surface area contributed by atoms with Crippen molar-refractivity contribution in [3.05, 3.63) is 43.5 Å². The molecule has 1 aromatic rings. The fraction of sp³-hybridized carbons (Fsp3) is 0.667. The first kappa shape index (κ1) is 34.7. The average molecular weight is 609 g/mol. The van der Waals surface area contributed by atoms with E-state index in [0.717, 1.165) is 16.8 Å². The fourth-order valence-electron chi connectivity index (χ4n) is 2.82. The van der Waals surface area contributed by atoms with Gasteiger partial charge in [-0.25, -0.2) is 13.9 Å². The Morgan fingerprint density at radius 3 is 2.28 bits per heavy atom. The predicted octanol–water partition coefficient (Wildman–Crippen LogP) is -4.68. The lowest BCUT2D eigenvalue weighted by molar-refractivity contribution is -0.118. The molecule has 1 aromatic heterocycles. The molecule has 1 aliphatic rings. The molecule has 0 spiro atoms. The van der Waals surface area contributed by atoms with Gasteiger partial charge in [-0.15, -0.1) is 0 Å². The van der Waals surface area contributed by atoms with Crippen LogP contribution >= 0.6 is 15.6 Å². The summed E-state index contributed by atoms with van der Waals surface area (Å²) >= 11 is 0. The van der Waals surface area contributed by atoms with Crippen molar-refractivity contribution in [3.63, 3.8) is 0 Å². The number of H-pyrrole nitrogens is 1. The molecule has 0 aromatic carbocycles. The van der Waals surface area contributed by atoms with Gasteiger partial charge in [-0.1, -0.05) is 5.11 Å². The minimum Gasteiger partial charge on any atom is -0.394 e. The van der Waals surface area contributed by atoms with Crippen molar-refractivity contribution in [2.24, 2.45) is 5.11 Å². The molecule has 22 nitrogen and oxygen atoms in total. The van der Waals surface area contributed by atoms with E-state index in [1.54, 1.807) is 0 Å². The highest BCUT2D eigenvalue weighted by molar-refractivity contribution is 7.60. The maximum Gasteiger partial charge on any atom is 0.481 e. The van der Waals surface area contributed by atoms with Crippen LogP contribution in [0.15, 0.2) is 27.0 Å². The van der Waals surface area contributed by atoms with Gasteiger partial charge in [-0.2, -0.15) is 4.31 Å². The van der Waals surface area contributed by atoms with E-state index in [1.165, 1.54) is 0 Å². The van der Waals surface area contributed by atoms with Gasteiger partial charge in [0, 0.05) is 17.2 Å². The second-order valence-corrected chi connectivity index (χ2v) is 10.3. The van der Waals surface area contributed by atoms with Crippen LogP contribution in [0.25, 0.3) is 10.4 Å². The van der Waals surface area contributed by atoms with Crippen LogP contribution in [-0.2, 0) is 27.5 Å². The number of aromatic nitrogens is 2. The van der Waals surface area contributed by atoms with Gasteiger partial charge < -0.3 is 54.9 Å². The highest BCUT2D eigenvalue weighted by atomic mass is 31.3. The van der Waals surface area contributed by atoms with Gasteiger partial charge in [0.2, 0.25) is 0 Å². The molecule has 2 rings (SSSR count). The van der Waals surface area contributed by atoms with Crippen molar-refractivity contribution in [3.8, 4) is 0 Å². The first-order chi connectivity index (χ1) is 18.0. The molecule has 2 heterocycles. The summed E-state index contributed by atoms with van der Waals surface area (Å²) in [6, 6.07) is -0.528. The number of aliphatic hydroxyl groups excluding tert-OH is 6. The molecular formula is C15H25N5O17P2. The summed E-state index contributed by atoms with van der Waals surface area (Å²) in [5, 5.41) is 58.3. The molecule has 1 aliphatic heterocycles. The van der Waals surface area contributed by atoms with E-state index in [2.05, 4.69) is 18.9 Å². The standard InChI is InChI=1S/C9H14N2O12P2.C6H11N3O5/c12-5-1-2-11(9(15)10-5)8-7(14)6(13)4(22-8)3-21-25(19,20)23-24(16,17)18;7-9-8-3(1-10)5(13)6(14)4(12)2-11/h1-2,4,6-8,13-14H,3H2,(H,19,20)(H,10,12,15)(H2,16,17,18);1,3-6,11-14H,2H2/t4-,6-,7-,8-;3-,4+,5+,6+/m10/s1. The van der Waals surface area contributed by atoms with Gasteiger partial charge in [0.05, 0.1) is 19.3 Å². The lowest BCUT2D eigenvalue weighted by atomic mass is 10.0. The molecule has 0 amide bonds. The van der Waals surface area contributed by atoms with E-state index < -0.39 is 89.0 Å². The summed E-state index contributed by atoms with van der Waals surface area (Å²) in [6.45, 7) is -1.68. The van der Waals surface area contributed by atoms with E-state index in [-0.39, 0.29) is 6.29 Å². The molecule has 0 bridgehead atoms. The van der Waals surface area contributed by atoms with Gasteiger partial charge in [-0.05, 0) is 5.53 Å². The Morgan fingerprint density at radius 1 is 1.18 bits per heavy atom. The summed E-state index contributed by atoms with van der Waals surface area (Å²) in [5.74, 6) is 0. The number of aromatic amines is 1. The summed E-state index contributed by atoms with van der Waals surface area (Å²) in [7, 11) is -10.5. The maximum absolute atomic E-state index is 11.7. The number of nitrogens with one attached hydrogen (secondary N) is 1. The number of carbonyl (C=O) groups is 1. The fourth-order valence-corrected chi connectivity index (χ4v) is 4.42. The Kier molecular flexibility index (Phi) is 13.2. The molecule has 39 heavy (non-hydrogen) atoms. The van der Waals surface area contributed by atoms with E-state index >= 15 is 0 Å². The van der Waals surface area contributed by atoms with E-state index in [1.807, 2.05) is 4.98 Å². The maximum atomic E-state index is 11.7. The summed E-state index contributed by atoms with van der Waals surface area (Å²) in [5.41, 5.74) is 6.34. The first-order valence-corrected chi connectivity index (χ1v) is 13.2. The van der Waals surface area contributed by atoms with Crippen LogP contribution in [0.1, 0.15) is 6.23 Å². The van der Waals surface area contributed by atoms with E-state index in [9.17, 15) is 38.8 Å². The molecule has 24 heteroatoms. The molecule has 1 fully saturated rings. The number of hydrogen-bond acceptors (Lipinski definition) is 15. The molecular weight excluding hydrogens is 584 g/mol. The number of azide groups is 1. The molecule has 1 saturated heterocycles. The zero-order chi connectivity index (χ0) is 30.1. The van der Waals surface area contributed by atoms with E-state index in [4.69, 9.17) is 40.3 Å². The van der Waals surface area contributed by atoms with Crippen LogP contribution in [0.3, 0.4) is 0 Å². The van der Waals surface area contributed by atoms with Crippen molar-refractivity contribution in [1.82, 2.24) is 9.55 Å². The third kappa shape index (κ3) is 10.6. The van der Waals surface area contributed by atoms with Gasteiger partial charge in [-0.3, -0.25) is 18.9 Å². The SMILES string of the molecule is O=c1ccn([C@@H]2O[C@H](COP(=O)(O)OP(=O)(O)O)[C@@H](O)[C@H]2O)c(=O)[nH]1.[N-]=[N+]=N[C@@H](C=O)[C@@H](O)[C@H](O)[C@H](O)CO. The minimum atomic E-state index is -5.32. The van der Waals surface area contributed by atoms with Crippen LogP contribution < -0.4 is 11.2 Å². The lowest BCUT2D eigenvalue weighted by Gasteiger charge is -2.22. The number of nitrogens with zero attached hydrogens (tertiary/aromatic N) is 4. The number of hydrogen-bond donors (Lipinski definition) is 10. The molecule has 1 unspecified atom stereocenters. The second-order valence-electron chi connectivity index (χ2n) is 7.46. The summed E-state index contributed by atoms with van der Waals surface area (Å²) in [6.07, 6.45) is -10.2. The molecule has 10 N–H and O–H groups in total. The number of carbonyl (C=O) groups excluding carboxylic acids is 1. The van der Waals surface area contributed by atoms with Gasteiger partial charge in [0.1, 0.15) is 42.8 Å². The van der Waals surface area contributed by atoms with Crippen molar-refractivity contribution in [2.45, 2.75) is 48.9 Å². The smallest absolute Gasteiger partial charge is 0.394 e. The highest BCUT2D eigenvalue weighted by Gasteiger charge is 2.45. The Labute approximate surface area is 215 Å². The molecule has 0 saturated carbocycles. The average Bonchev–Trinajstić information content (AvgIpc) is 3.12. The van der Waals surface area contributed by atoms with E-state index in [0.29, 0.717) is 0 Å². The molecule has 222 valence electrons.